The molecule has 1 aromatic heterocycles. The van der Waals surface area contributed by atoms with Gasteiger partial charge in [-0.2, -0.15) is 0 Å². The third kappa shape index (κ3) is 2.75. The molecule has 1 fully saturated rings. The van der Waals surface area contributed by atoms with E-state index >= 15 is 0 Å². The number of aliphatic hydroxyl groups is 1. The first kappa shape index (κ1) is 13.6. The SMILES string of the molecule is CCc1nc(Cl)c(C)c(N(C)CC2CC(O)C2)n1. The van der Waals surface area contributed by atoms with Gasteiger partial charge in [0.1, 0.15) is 16.8 Å². The van der Waals surface area contributed by atoms with Gasteiger partial charge in [-0.15, -0.1) is 0 Å². The van der Waals surface area contributed by atoms with Crippen LogP contribution in [0.2, 0.25) is 5.15 Å². The molecule has 100 valence electrons. The molecule has 18 heavy (non-hydrogen) atoms. The van der Waals surface area contributed by atoms with Crippen molar-refractivity contribution in [2.45, 2.75) is 39.2 Å². The van der Waals surface area contributed by atoms with Gasteiger partial charge in [-0.25, -0.2) is 9.97 Å². The lowest BCUT2D eigenvalue weighted by Gasteiger charge is -2.35. The summed E-state index contributed by atoms with van der Waals surface area (Å²) in [4.78, 5) is 10.9. The zero-order valence-corrected chi connectivity index (χ0v) is 11.9. The molecule has 1 saturated carbocycles. The number of nitrogens with zero attached hydrogens (tertiary/aromatic N) is 3. The van der Waals surface area contributed by atoms with Gasteiger partial charge in [0, 0.05) is 25.6 Å². The van der Waals surface area contributed by atoms with Crippen LogP contribution in [0.4, 0.5) is 5.82 Å². The lowest BCUT2D eigenvalue weighted by atomic mass is 9.82. The van der Waals surface area contributed by atoms with Gasteiger partial charge in [-0.1, -0.05) is 18.5 Å². The Hall–Kier alpha value is -0.870. The maximum Gasteiger partial charge on any atom is 0.137 e. The summed E-state index contributed by atoms with van der Waals surface area (Å²) >= 11 is 6.13. The predicted molar refractivity (Wildman–Crippen MR) is 73.2 cm³/mol. The Balaban J connectivity index is 2.13. The number of anilines is 1. The Labute approximate surface area is 113 Å². The predicted octanol–water partition coefficient (Wildman–Crippen LogP) is 2.21. The summed E-state index contributed by atoms with van der Waals surface area (Å²) in [5.41, 5.74) is 0.927. The van der Waals surface area contributed by atoms with E-state index in [1.165, 1.54) is 0 Å². The van der Waals surface area contributed by atoms with Crippen LogP contribution in [-0.4, -0.2) is 34.8 Å². The Morgan fingerprint density at radius 3 is 2.61 bits per heavy atom. The highest BCUT2D eigenvalue weighted by Crippen LogP contribution is 2.30. The van der Waals surface area contributed by atoms with Crippen molar-refractivity contribution in [3.8, 4) is 0 Å². The van der Waals surface area contributed by atoms with Crippen molar-refractivity contribution in [2.75, 3.05) is 18.5 Å². The molecule has 0 spiro atoms. The number of aryl methyl sites for hydroxylation is 1. The molecule has 1 aromatic rings. The number of rotatable bonds is 4. The Morgan fingerprint density at radius 1 is 1.39 bits per heavy atom. The highest BCUT2D eigenvalue weighted by molar-refractivity contribution is 6.30. The summed E-state index contributed by atoms with van der Waals surface area (Å²) in [6, 6.07) is 0. The zero-order valence-electron chi connectivity index (χ0n) is 11.1. The van der Waals surface area contributed by atoms with Crippen LogP contribution in [0.5, 0.6) is 0 Å². The number of halogens is 1. The second-order valence-corrected chi connectivity index (χ2v) is 5.46. The molecule has 5 heteroatoms. The molecule has 0 radical (unpaired) electrons. The first-order valence-corrected chi connectivity index (χ1v) is 6.81. The first-order valence-electron chi connectivity index (χ1n) is 6.43. The van der Waals surface area contributed by atoms with E-state index in [0.717, 1.165) is 43.0 Å². The fourth-order valence-corrected chi connectivity index (χ4v) is 2.56. The summed E-state index contributed by atoms with van der Waals surface area (Å²) in [5.74, 6) is 2.25. The van der Waals surface area contributed by atoms with E-state index in [-0.39, 0.29) is 6.10 Å². The summed E-state index contributed by atoms with van der Waals surface area (Å²) in [6.07, 6.45) is 2.46. The maximum atomic E-state index is 9.32. The van der Waals surface area contributed by atoms with Gasteiger partial charge < -0.3 is 10.0 Å². The molecular weight excluding hydrogens is 250 g/mol. The van der Waals surface area contributed by atoms with Gasteiger partial charge in [0.05, 0.1) is 6.10 Å². The second-order valence-electron chi connectivity index (χ2n) is 5.10. The quantitative estimate of drug-likeness (QED) is 0.852. The minimum absolute atomic E-state index is 0.107. The second kappa shape index (κ2) is 5.41. The lowest BCUT2D eigenvalue weighted by Crippen LogP contribution is -2.37. The number of hydrogen-bond acceptors (Lipinski definition) is 4. The summed E-state index contributed by atoms with van der Waals surface area (Å²) in [7, 11) is 2.02. The average molecular weight is 270 g/mol. The summed E-state index contributed by atoms with van der Waals surface area (Å²) in [5, 5.41) is 9.86. The number of aliphatic hydroxyl groups excluding tert-OH is 1. The molecule has 0 saturated heterocycles. The van der Waals surface area contributed by atoms with Crippen LogP contribution in [0.1, 0.15) is 31.2 Å². The highest BCUT2D eigenvalue weighted by Gasteiger charge is 2.28. The highest BCUT2D eigenvalue weighted by atomic mass is 35.5. The van der Waals surface area contributed by atoms with Crippen LogP contribution in [0, 0.1) is 12.8 Å². The van der Waals surface area contributed by atoms with Crippen molar-refractivity contribution in [2.24, 2.45) is 5.92 Å². The molecule has 4 nitrogen and oxygen atoms in total. The van der Waals surface area contributed by atoms with Crippen LogP contribution >= 0.6 is 11.6 Å². The molecule has 0 unspecified atom stereocenters. The lowest BCUT2D eigenvalue weighted by molar-refractivity contribution is 0.0464. The van der Waals surface area contributed by atoms with Crippen LogP contribution in [-0.2, 0) is 6.42 Å². The molecule has 0 aliphatic heterocycles. The van der Waals surface area contributed by atoms with E-state index in [9.17, 15) is 5.11 Å². The zero-order chi connectivity index (χ0) is 13.3. The number of hydrogen-bond donors (Lipinski definition) is 1. The fourth-order valence-electron chi connectivity index (χ4n) is 2.37. The molecular formula is C13H20ClN3O. The van der Waals surface area contributed by atoms with Gasteiger partial charge >= 0.3 is 0 Å². The van der Waals surface area contributed by atoms with E-state index in [1.807, 2.05) is 20.9 Å². The molecule has 0 aromatic carbocycles. The van der Waals surface area contributed by atoms with E-state index < -0.39 is 0 Å². The van der Waals surface area contributed by atoms with E-state index in [1.54, 1.807) is 0 Å². The van der Waals surface area contributed by atoms with Crippen molar-refractivity contribution >= 4 is 17.4 Å². The van der Waals surface area contributed by atoms with Crippen molar-refractivity contribution in [3.05, 3.63) is 16.5 Å². The third-order valence-corrected chi connectivity index (χ3v) is 3.90. The summed E-state index contributed by atoms with van der Waals surface area (Å²) < 4.78 is 0. The van der Waals surface area contributed by atoms with E-state index in [4.69, 9.17) is 11.6 Å². The molecule has 1 aliphatic carbocycles. The largest absolute Gasteiger partial charge is 0.393 e. The Kier molecular flexibility index (Phi) is 4.07. The van der Waals surface area contributed by atoms with Crippen molar-refractivity contribution in [1.29, 1.82) is 0 Å². The van der Waals surface area contributed by atoms with Gasteiger partial charge in [0.15, 0.2) is 0 Å². The third-order valence-electron chi connectivity index (χ3n) is 3.53. The van der Waals surface area contributed by atoms with Crippen LogP contribution in [0.25, 0.3) is 0 Å². The maximum absolute atomic E-state index is 9.32. The van der Waals surface area contributed by atoms with Gasteiger partial charge in [-0.3, -0.25) is 0 Å². The molecule has 1 aliphatic rings. The molecule has 0 atom stereocenters. The molecule has 2 rings (SSSR count). The van der Waals surface area contributed by atoms with Crippen molar-refractivity contribution in [3.63, 3.8) is 0 Å². The standard InChI is InChI=1S/C13H20ClN3O/c1-4-11-15-12(14)8(2)13(16-11)17(3)7-9-5-10(18)6-9/h9-10,18H,4-7H2,1-3H3. The topological polar surface area (TPSA) is 49.2 Å². The van der Waals surface area contributed by atoms with Gasteiger partial charge in [-0.05, 0) is 25.7 Å². The fraction of sp³-hybridized carbons (Fsp3) is 0.692. The smallest absolute Gasteiger partial charge is 0.137 e. The normalized spacial score (nSPS) is 22.7. The van der Waals surface area contributed by atoms with Crippen LogP contribution in [0.15, 0.2) is 0 Å². The first-order chi connectivity index (χ1) is 8.51. The van der Waals surface area contributed by atoms with Gasteiger partial charge in [0.2, 0.25) is 0 Å². The summed E-state index contributed by atoms with van der Waals surface area (Å²) in [6.45, 7) is 4.88. The Morgan fingerprint density at radius 2 is 2.06 bits per heavy atom. The monoisotopic (exact) mass is 269 g/mol. The van der Waals surface area contributed by atoms with Crippen molar-refractivity contribution in [1.82, 2.24) is 9.97 Å². The Bertz CT molecular complexity index is 432. The molecule has 1 heterocycles. The molecule has 0 bridgehead atoms. The van der Waals surface area contributed by atoms with Gasteiger partial charge in [0.25, 0.3) is 0 Å². The van der Waals surface area contributed by atoms with Crippen LogP contribution in [0.3, 0.4) is 0 Å². The van der Waals surface area contributed by atoms with Crippen molar-refractivity contribution < 1.29 is 5.11 Å². The molecule has 1 N–H and O–H groups in total. The van der Waals surface area contributed by atoms with E-state index in [2.05, 4.69) is 14.9 Å². The van der Waals surface area contributed by atoms with E-state index in [0.29, 0.717) is 11.1 Å². The minimum Gasteiger partial charge on any atom is -0.393 e. The molecule has 0 amide bonds. The average Bonchev–Trinajstić information content (AvgIpc) is 2.30. The minimum atomic E-state index is -0.107. The van der Waals surface area contributed by atoms with Crippen LogP contribution < -0.4 is 4.90 Å². The number of aromatic nitrogens is 2.